The molecule has 2 N–H and O–H groups in total. The molecule has 1 amide bonds. The molecule has 1 aromatic carbocycles. The molecule has 8 heteroatoms. The van der Waals surface area contributed by atoms with Gasteiger partial charge in [0.25, 0.3) is 5.91 Å². The monoisotopic (exact) mass is 378 g/mol. The molecular formula is C20H22N6O2. The summed E-state index contributed by atoms with van der Waals surface area (Å²) in [4.78, 5) is 27.1. The number of piperidine rings is 1. The number of nitrogens with one attached hydrogen (secondary N) is 2. The summed E-state index contributed by atoms with van der Waals surface area (Å²) in [6, 6.07) is 11.4. The van der Waals surface area contributed by atoms with Crippen LogP contribution in [0.5, 0.6) is 0 Å². The lowest BCUT2D eigenvalue weighted by molar-refractivity contribution is 0.0698. The Bertz CT molecular complexity index is 1050. The molecular weight excluding hydrogens is 356 g/mol. The molecule has 1 saturated heterocycles. The van der Waals surface area contributed by atoms with Crippen molar-refractivity contribution in [3.05, 3.63) is 64.1 Å². The number of aromatic nitrogens is 5. The second-order valence-electron chi connectivity index (χ2n) is 7.63. The summed E-state index contributed by atoms with van der Waals surface area (Å²) in [7, 11) is 0. The van der Waals surface area contributed by atoms with Crippen molar-refractivity contribution in [1.82, 2.24) is 29.9 Å². The number of amides is 1. The minimum atomic E-state index is -0.258. The zero-order valence-electron chi connectivity index (χ0n) is 15.5. The van der Waals surface area contributed by atoms with Gasteiger partial charge >= 0.3 is 5.69 Å². The first kappa shape index (κ1) is 17.0. The van der Waals surface area contributed by atoms with E-state index < -0.39 is 0 Å². The number of nitrogens with zero attached hydrogens (tertiary/aromatic N) is 4. The maximum atomic E-state index is 12.9. The number of rotatable bonds is 4. The number of likely N-dealkylation sites (tertiary alicyclic amines) is 1. The zero-order valence-corrected chi connectivity index (χ0v) is 15.5. The average molecular weight is 378 g/mol. The highest BCUT2D eigenvalue weighted by molar-refractivity contribution is 5.92. The summed E-state index contributed by atoms with van der Waals surface area (Å²) in [6.07, 6.45) is 4.08. The molecule has 1 aliphatic heterocycles. The molecule has 2 aromatic heterocycles. The van der Waals surface area contributed by atoms with Crippen molar-refractivity contribution in [3.8, 4) is 5.69 Å². The number of benzene rings is 1. The van der Waals surface area contributed by atoms with Crippen molar-refractivity contribution in [2.75, 3.05) is 13.1 Å². The van der Waals surface area contributed by atoms with Gasteiger partial charge in [0.2, 0.25) is 0 Å². The Labute approximate surface area is 161 Å². The van der Waals surface area contributed by atoms with Gasteiger partial charge in [-0.3, -0.25) is 9.89 Å². The molecule has 1 saturated carbocycles. The maximum Gasteiger partial charge on any atom is 0.347 e. The fourth-order valence-corrected chi connectivity index (χ4v) is 3.99. The summed E-state index contributed by atoms with van der Waals surface area (Å²) in [6.45, 7) is 1.22. The highest BCUT2D eigenvalue weighted by Crippen LogP contribution is 2.39. The summed E-state index contributed by atoms with van der Waals surface area (Å²) in [5, 5.41) is 14.1. The molecule has 3 aromatic rings. The standard InChI is InChI=1S/C20H22N6O2/c27-19(17-11-16(21-22-17)13-8-9-13)25-10-4-5-14(12-25)18-23-24-20(28)26(18)15-6-2-1-3-7-15/h1-3,6-7,11,13-14H,4-5,8-10,12H2,(H,21,22)(H,24,28). The molecule has 1 aliphatic carbocycles. The minimum absolute atomic E-state index is 0.00120. The maximum absolute atomic E-state index is 12.9. The third kappa shape index (κ3) is 3.04. The van der Waals surface area contributed by atoms with Crippen molar-refractivity contribution >= 4 is 5.91 Å². The van der Waals surface area contributed by atoms with Gasteiger partial charge in [-0.25, -0.2) is 14.5 Å². The molecule has 8 nitrogen and oxygen atoms in total. The molecule has 1 unspecified atom stereocenters. The lowest BCUT2D eigenvalue weighted by Crippen LogP contribution is -2.40. The van der Waals surface area contributed by atoms with Gasteiger partial charge in [0.1, 0.15) is 11.5 Å². The SMILES string of the molecule is O=C(c1cc(C2CC2)[nH]n1)N1CCCC(c2n[nH]c(=O)n2-c2ccccc2)C1. The van der Waals surface area contributed by atoms with Crippen LogP contribution < -0.4 is 5.69 Å². The second kappa shape index (κ2) is 6.78. The quantitative estimate of drug-likeness (QED) is 0.727. The van der Waals surface area contributed by atoms with Crippen molar-refractivity contribution in [1.29, 1.82) is 0 Å². The first-order valence-corrected chi connectivity index (χ1v) is 9.78. The first-order chi connectivity index (χ1) is 13.7. The molecule has 144 valence electrons. The normalized spacial score (nSPS) is 19.7. The fourth-order valence-electron chi connectivity index (χ4n) is 3.99. The molecule has 0 radical (unpaired) electrons. The van der Waals surface area contributed by atoms with Crippen LogP contribution in [0.4, 0.5) is 0 Å². The number of H-pyrrole nitrogens is 2. The van der Waals surface area contributed by atoms with Gasteiger partial charge in [0.15, 0.2) is 0 Å². The molecule has 1 atom stereocenters. The van der Waals surface area contributed by atoms with Crippen LogP contribution >= 0.6 is 0 Å². The average Bonchev–Trinajstić information content (AvgIpc) is 3.34. The Morgan fingerprint density at radius 2 is 1.86 bits per heavy atom. The van der Waals surface area contributed by atoms with Crippen LogP contribution in [0.1, 0.15) is 59.5 Å². The van der Waals surface area contributed by atoms with E-state index in [2.05, 4.69) is 20.4 Å². The topological polar surface area (TPSA) is 99.7 Å². The lowest BCUT2D eigenvalue weighted by atomic mass is 9.96. The highest BCUT2D eigenvalue weighted by atomic mass is 16.2. The van der Waals surface area contributed by atoms with E-state index >= 15 is 0 Å². The third-order valence-corrected chi connectivity index (χ3v) is 5.62. The molecule has 2 aliphatic rings. The molecule has 2 fully saturated rings. The van der Waals surface area contributed by atoms with E-state index in [0.29, 0.717) is 30.5 Å². The van der Waals surface area contributed by atoms with Crippen LogP contribution in [-0.2, 0) is 0 Å². The van der Waals surface area contributed by atoms with E-state index in [1.165, 1.54) is 0 Å². The van der Waals surface area contributed by atoms with Gasteiger partial charge in [-0.2, -0.15) is 10.2 Å². The fraction of sp³-hybridized carbons (Fsp3) is 0.400. The summed E-state index contributed by atoms with van der Waals surface area (Å²) in [5.41, 5.74) is 2.05. The van der Waals surface area contributed by atoms with E-state index in [1.54, 1.807) is 4.57 Å². The van der Waals surface area contributed by atoms with Crippen molar-refractivity contribution < 1.29 is 4.79 Å². The zero-order chi connectivity index (χ0) is 19.1. The lowest BCUT2D eigenvalue weighted by Gasteiger charge is -2.31. The second-order valence-corrected chi connectivity index (χ2v) is 7.63. The number of carbonyl (C=O) groups excluding carboxylic acids is 1. The Balaban J connectivity index is 1.39. The van der Waals surface area contributed by atoms with E-state index in [4.69, 9.17) is 0 Å². The van der Waals surface area contributed by atoms with Crippen molar-refractivity contribution in [2.24, 2.45) is 0 Å². The third-order valence-electron chi connectivity index (χ3n) is 5.62. The number of hydrogen-bond donors (Lipinski definition) is 2. The van der Waals surface area contributed by atoms with Crippen LogP contribution in [0.25, 0.3) is 5.69 Å². The van der Waals surface area contributed by atoms with Gasteiger partial charge in [0, 0.05) is 30.6 Å². The number of carbonyl (C=O) groups is 1. The molecule has 3 heterocycles. The van der Waals surface area contributed by atoms with Crippen LogP contribution in [0.2, 0.25) is 0 Å². The van der Waals surface area contributed by atoms with Crippen LogP contribution in [0.3, 0.4) is 0 Å². The highest BCUT2D eigenvalue weighted by Gasteiger charge is 2.32. The number of aromatic amines is 2. The molecule has 0 bridgehead atoms. The van der Waals surface area contributed by atoms with Crippen molar-refractivity contribution in [3.63, 3.8) is 0 Å². The van der Waals surface area contributed by atoms with Gasteiger partial charge in [0.05, 0.1) is 5.69 Å². The Hall–Kier alpha value is -3.16. The summed E-state index contributed by atoms with van der Waals surface area (Å²) >= 11 is 0. The largest absolute Gasteiger partial charge is 0.347 e. The Morgan fingerprint density at radius 3 is 2.64 bits per heavy atom. The minimum Gasteiger partial charge on any atom is -0.337 e. The predicted molar refractivity (Wildman–Crippen MR) is 103 cm³/mol. The van der Waals surface area contributed by atoms with Crippen LogP contribution in [0, 0.1) is 0 Å². The summed E-state index contributed by atoms with van der Waals surface area (Å²) < 4.78 is 1.61. The first-order valence-electron chi connectivity index (χ1n) is 9.78. The van der Waals surface area contributed by atoms with Crippen molar-refractivity contribution in [2.45, 2.75) is 37.5 Å². The predicted octanol–water partition coefficient (Wildman–Crippen LogP) is 2.18. The van der Waals surface area contributed by atoms with Crippen LogP contribution in [-0.4, -0.2) is 48.9 Å². The number of hydrogen-bond acceptors (Lipinski definition) is 4. The molecule has 5 rings (SSSR count). The van der Waals surface area contributed by atoms with Gasteiger partial charge in [-0.05, 0) is 43.9 Å². The number of para-hydroxylation sites is 1. The van der Waals surface area contributed by atoms with Gasteiger partial charge in [-0.1, -0.05) is 18.2 Å². The van der Waals surface area contributed by atoms with E-state index in [0.717, 1.165) is 37.1 Å². The smallest absolute Gasteiger partial charge is 0.337 e. The van der Waals surface area contributed by atoms with E-state index in [9.17, 15) is 9.59 Å². The van der Waals surface area contributed by atoms with Gasteiger partial charge in [-0.15, -0.1) is 0 Å². The van der Waals surface area contributed by atoms with E-state index in [1.807, 2.05) is 41.3 Å². The Morgan fingerprint density at radius 1 is 1.04 bits per heavy atom. The van der Waals surface area contributed by atoms with Gasteiger partial charge < -0.3 is 4.90 Å². The molecule has 28 heavy (non-hydrogen) atoms. The Kier molecular flexibility index (Phi) is 4.11. The van der Waals surface area contributed by atoms with Crippen LogP contribution in [0.15, 0.2) is 41.2 Å². The molecule has 0 spiro atoms. The van der Waals surface area contributed by atoms with E-state index in [-0.39, 0.29) is 17.5 Å². The summed E-state index contributed by atoms with van der Waals surface area (Å²) in [5.74, 6) is 1.15.